The van der Waals surface area contributed by atoms with Crippen LogP contribution in [0.15, 0.2) is 11.6 Å². The van der Waals surface area contributed by atoms with E-state index in [1.807, 2.05) is 41.5 Å². The van der Waals surface area contributed by atoms with Crippen LogP contribution in [0.1, 0.15) is 146 Å². The van der Waals surface area contributed by atoms with Crippen LogP contribution in [0.4, 0.5) is 0 Å². The third-order valence-electron chi connectivity index (χ3n) is 22.9. The number of aliphatic hydroxyl groups excluding tert-OH is 3. The maximum atomic E-state index is 12.8. The minimum Gasteiger partial charge on any atom is -0.393 e. The average Bonchev–Trinajstić information content (AvgIpc) is 1.45. The molecule has 4 N–H and O–H groups in total. The predicted octanol–water partition coefficient (Wildman–Crippen LogP) is 5.29. The summed E-state index contributed by atoms with van der Waals surface area (Å²) in [5.41, 5.74) is 0.247. The fourth-order valence-corrected chi connectivity index (χ4v) is 17.8. The van der Waals surface area contributed by atoms with Crippen molar-refractivity contribution in [2.75, 3.05) is 42.2 Å². The molecule has 0 amide bonds. The summed E-state index contributed by atoms with van der Waals surface area (Å²) in [5, 5.41) is 44.8. The SMILES string of the molecule is COC1CC(OC2C(C)OC3(COC4CC(OC(C)C5(O)CCC6C7CC=C8CC(O)CCC8(C)C7CCC65C)OC(C)C4OO3)CC2OC)OC(C)C1OC1CC(OC)C(OC2CC(OC)C(OC3OC(C)C(O)C(OC)C3O)C(C)O2)C(C)O1. The zero-order valence-electron chi connectivity index (χ0n) is 53.3. The minimum atomic E-state index is -1.32. The fourth-order valence-electron chi connectivity index (χ4n) is 17.8. The van der Waals surface area contributed by atoms with E-state index in [0.717, 1.165) is 44.9 Å². The Morgan fingerprint density at radius 2 is 1.13 bits per heavy atom. The van der Waals surface area contributed by atoms with Gasteiger partial charge in [0.25, 0.3) is 0 Å². The molecule has 0 aromatic heterocycles. The number of rotatable bonds is 16. The van der Waals surface area contributed by atoms with E-state index >= 15 is 0 Å². The first-order valence-corrected chi connectivity index (χ1v) is 32.3. The zero-order chi connectivity index (χ0) is 61.4. The Kier molecular flexibility index (Phi) is 20.6. The van der Waals surface area contributed by atoms with Crippen molar-refractivity contribution in [2.45, 2.75) is 317 Å². The topological polar surface area (TPSA) is 256 Å². The summed E-state index contributed by atoms with van der Waals surface area (Å²) in [5.74, 6) is 0.139. The molecule has 11 aliphatic rings. The first-order valence-electron chi connectivity index (χ1n) is 32.3. The van der Waals surface area contributed by atoms with Crippen molar-refractivity contribution in [3.63, 3.8) is 0 Å². The molecule has 0 radical (unpaired) electrons. The molecule has 1 spiro atoms. The molecule has 3 saturated carbocycles. The molecule has 11 rings (SSSR count). The van der Waals surface area contributed by atoms with Crippen LogP contribution >= 0.6 is 0 Å². The molecule has 4 aliphatic carbocycles. The number of hydrogen-bond donors (Lipinski definition) is 4. The second-order valence-electron chi connectivity index (χ2n) is 27.7. The summed E-state index contributed by atoms with van der Waals surface area (Å²) in [6, 6.07) is 0. The molecular weight excluding hydrogens is 1120 g/mol. The van der Waals surface area contributed by atoms with Crippen LogP contribution in [0, 0.1) is 28.6 Å². The summed E-state index contributed by atoms with van der Waals surface area (Å²) in [6.07, 6.45) is -4.57. The highest BCUT2D eigenvalue weighted by molar-refractivity contribution is 5.26. The first kappa shape index (κ1) is 66.3. The fraction of sp³-hybridized carbons (Fsp3) is 0.968. The molecule has 33 unspecified atom stereocenters. The van der Waals surface area contributed by atoms with Gasteiger partial charge >= 0.3 is 0 Å². The quantitative estimate of drug-likeness (QED) is 0.113. The Balaban J connectivity index is 0.652. The maximum absolute atomic E-state index is 12.8. The maximum Gasteiger partial charge on any atom is 0.228 e. The summed E-state index contributed by atoms with van der Waals surface area (Å²) in [6.45, 7) is 18.0. The van der Waals surface area contributed by atoms with Gasteiger partial charge in [-0.3, -0.25) is 0 Å². The number of allylic oxidation sites excluding steroid dienone is 1. The second-order valence-corrected chi connectivity index (χ2v) is 27.7. The van der Waals surface area contributed by atoms with E-state index in [1.54, 1.807) is 35.4 Å². The zero-order valence-corrected chi connectivity index (χ0v) is 53.3. The Morgan fingerprint density at radius 1 is 0.570 bits per heavy atom. The highest BCUT2D eigenvalue weighted by Gasteiger charge is 2.66. The summed E-state index contributed by atoms with van der Waals surface area (Å²) < 4.78 is 108. The van der Waals surface area contributed by atoms with Gasteiger partial charge in [-0.25, -0.2) is 4.89 Å². The van der Waals surface area contributed by atoms with E-state index in [4.69, 9.17) is 90.3 Å². The molecule has 86 heavy (non-hydrogen) atoms. The molecule has 23 heteroatoms. The van der Waals surface area contributed by atoms with Crippen LogP contribution in [-0.4, -0.2) is 234 Å². The smallest absolute Gasteiger partial charge is 0.228 e. The van der Waals surface area contributed by atoms with E-state index < -0.39 is 165 Å². The van der Waals surface area contributed by atoms with Gasteiger partial charge in [0, 0.05) is 73.1 Å². The number of methoxy groups -OCH3 is 5. The molecular formula is C63H104O23. The third-order valence-corrected chi connectivity index (χ3v) is 22.9. The molecule has 0 aromatic rings. The lowest BCUT2D eigenvalue weighted by Crippen LogP contribution is -2.61. The van der Waals surface area contributed by atoms with E-state index in [-0.39, 0.29) is 30.0 Å². The molecule has 7 heterocycles. The van der Waals surface area contributed by atoms with Crippen molar-refractivity contribution in [2.24, 2.45) is 28.6 Å². The third kappa shape index (κ3) is 12.5. The van der Waals surface area contributed by atoms with Gasteiger partial charge in [0.1, 0.15) is 55.4 Å². The molecule has 494 valence electrons. The van der Waals surface area contributed by atoms with Crippen LogP contribution in [-0.2, 0) is 90.3 Å². The van der Waals surface area contributed by atoms with Crippen molar-refractivity contribution in [3.05, 3.63) is 11.6 Å². The normalized spacial score (nSPS) is 53.8. The number of fused-ring (bicyclic) bond motifs is 6. The average molecular weight is 1230 g/mol. The van der Waals surface area contributed by atoms with E-state index in [2.05, 4.69) is 19.9 Å². The lowest BCUT2D eigenvalue weighted by atomic mass is 9.46. The van der Waals surface area contributed by atoms with Crippen LogP contribution in [0.25, 0.3) is 0 Å². The van der Waals surface area contributed by atoms with Gasteiger partial charge in [-0.05, 0) is 123 Å². The lowest BCUT2D eigenvalue weighted by molar-refractivity contribution is -0.472. The van der Waals surface area contributed by atoms with Crippen LogP contribution in [0.3, 0.4) is 0 Å². The molecule has 33 atom stereocenters. The summed E-state index contributed by atoms with van der Waals surface area (Å²) in [7, 11) is 7.92. The van der Waals surface area contributed by atoms with Crippen molar-refractivity contribution < 1.29 is 111 Å². The van der Waals surface area contributed by atoms with Gasteiger partial charge in [-0.15, -0.1) is 0 Å². The highest BCUT2D eigenvalue weighted by Crippen LogP contribution is 2.68. The molecule has 10 fully saturated rings. The Hall–Kier alpha value is -1.18. The summed E-state index contributed by atoms with van der Waals surface area (Å²) >= 11 is 0. The van der Waals surface area contributed by atoms with Gasteiger partial charge in [0.05, 0.1) is 85.0 Å². The van der Waals surface area contributed by atoms with Crippen molar-refractivity contribution >= 4 is 0 Å². The van der Waals surface area contributed by atoms with Crippen LogP contribution in [0.5, 0.6) is 0 Å². The van der Waals surface area contributed by atoms with Crippen molar-refractivity contribution in [1.29, 1.82) is 0 Å². The predicted molar refractivity (Wildman–Crippen MR) is 302 cm³/mol. The van der Waals surface area contributed by atoms with Crippen molar-refractivity contribution in [3.8, 4) is 0 Å². The largest absolute Gasteiger partial charge is 0.393 e. The highest BCUT2D eigenvalue weighted by atomic mass is 17.2. The standard InChI is InChI=1S/C63H104O23/c1-30-51(65)58(72-14)52(66)59(78-30)83-55-33(4)76-49(26-44(55)70-12)81-53-31(2)74-48(24-42(53)68-10)80-54-32(3)75-50(25-43(54)69-11)82-56-35(6)84-62(28-46(56)71-13)29-73-45-27-47(77-34(5)57(45)85-86-62)79-36(7)63(67)22-19-41-39-16-15-37-23-38(64)17-20-60(37,8)40(39)18-21-61(41,63)9/h15,30-36,38-59,64-67H,16-29H2,1-14H3. The van der Waals surface area contributed by atoms with E-state index in [1.165, 1.54) is 12.7 Å². The molecule has 7 saturated heterocycles. The van der Waals surface area contributed by atoms with Crippen LogP contribution in [0.2, 0.25) is 0 Å². The van der Waals surface area contributed by atoms with Crippen LogP contribution < -0.4 is 0 Å². The lowest BCUT2D eigenvalue weighted by Gasteiger charge is -2.59. The van der Waals surface area contributed by atoms with Gasteiger partial charge in [-0.2, -0.15) is 4.89 Å². The number of aliphatic hydroxyl groups is 4. The molecule has 7 aliphatic heterocycles. The number of ether oxygens (including phenoxy) is 17. The van der Waals surface area contributed by atoms with E-state index in [0.29, 0.717) is 49.9 Å². The first-order chi connectivity index (χ1) is 41.0. The van der Waals surface area contributed by atoms with Gasteiger partial charge < -0.3 is 101 Å². The molecule has 23 nitrogen and oxygen atoms in total. The van der Waals surface area contributed by atoms with Gasteiger partial charge in [0.2, 0.25) is 5.79 Å². The van der Waals surface area contributed by atoms with E-state index in [9.17, 15) is 20.4 Å². The second kappa shape index (κ2) is 26.7. The summed E-state index contributed by atoms with van der Waals surface area (Å²) in [4.78, 5) is 12.5. The van der Waals surface area contributed by atoms with Gasteiger partial charge in [0.15, 0.2) is 31.5 Å². The number of hydrogen-bond acceptors (Lipinski definition) is 23. The molecule has 0 aromatic carbocycles. The Morgan fingerprint density at radius 3 is 1.71 bits per heavy atom. The van der Waals surface area contributed by atoms with Gasteiger partial charge in [-0.1, -0.05) is 25.5 Å². The minimum absolute atomic E-state index is 0.0603. The molecule has 0 bridgehead atoms. The monoisotopic (exact) mass is 1230 g/mol. The Labute approximate surface area is 508 Å². The van der Waals surface area contributed by atoms with Crippen molar-refractivity contribution in [1.82, 2.24) is 0 Å². The Bertz CT molecular complexity index is 2270.